The van der Waals surface area contributed by atoms with Gasteiger partial charge in [0, 0.05) is 42.0 Å². The number of ether oxygens (including phenoxy) is 1. The topological polar surface area (TPSA) is 232 Å². The summed E-state index contributed by atoms with van der Waals surface area (Å²) in [7, 11) is 0. The minimum atomic E-state index is -5.60. The zero-order valence-corrected chi connectivity index (χ0v) is 33.3. The molecule has 2 aromatic carbocycles. The summed E-state index contributed by atoms with van der Waals surface area (Å²) in [6.45, 7) is 3.10. The van der Waals surface area contributed by atoms with Crippen molar-refractivity contribution in [2.45, 2.75) is 64.0 Å². The molecule has 0 spiro atoms. The van der Waals surface area contributed by atoms with E-state index in [9.17, 15) is 61.0 Å². The van der Waals surface area contributed by atoms with Crippen LogP contribution in [0, 0.1) is 17.0 Å². The molecule has 0 aliphatic rings. The van der Waals surface area contributed by atoms with Gasteiger partial charge in [0.1, 0.15) is 30.3 Å². The third kappa shape index (κ3) is 14.2. The van der Waals surface area contributed by atoms with Gasteiger partial charge >= 0.3 is 24.1 Å². The number of nitrogens with zero attached hydrogens (tertiary/aromatic N) is 2. The number of nitrogens with one attached hydrogen (secondary N) is 3. The summed E-state index contributed by atoms with van der Waals surface area (Å²) in [5, 5.41) is 25.0. The normalized spacial score (nSPS) is 13.7. The van der Waals surface area contributed by atoms with Gasteiger partial charge in [0.25, 0.3) is 5.91 Å². The molecule has 1 unspecified atom stereocenters. The van der Waals surface area contributed by atoms with Crippen LogP contribution >= 0.6 is 15.9 Å². The highest BCUT2D eigenvalue weighted by Gasteiger charge is 2.44. The zero-order valence-electron chi connectivity index (χ0n) is 31.7. The third-order valence-electron chi connectivity index (χ3n) is 8.47. The number of rotatable bonds is 18. The molecular formula is C37H42BrF5N6O10. The number of benzene rings is 2. The number of alkyl halides is 4. The molecule has 0 saturated carbocycles. The van der Waals surface area contributed by atoms with Gasteiger partial charge in [-0.3, -0.25) is 19.6 Å². The number of halogens is 6. The smallest absolute Gasteiger partial charge is 0.385 e. The molecule has 0 fully saturated rings. The predicted octanol–water partition coefficient (Wildman–Crippen LogP) is 2.58. The second-order valence-electron chi connectivity index (χ2n) is 14.0. The number of amides is 3. The molecule has 1 heterocycles. The molecule has 0 saturated heterocycles. The fourth-order valence-electron chi connectivity index (χ4n) is 5.60. The number of carbonyl (C=O) groups excluding carboxylic acids is 6. The molecule has 0 aliphatic carbocycles. The Morgan fingerprint density at radius 3 is 2.25 bits per heavy atom. The predicted molar refractivity (Wildman–Crippen MR) is 200 cm³/mol. The van der Waals surface area contributed by atoms with Gasteiger partial charge in [-0.05, 0) is 41.7 Å². The number of hydroxylamine groups is 3. The first-order chi connectivity index (χ1) is 27.5. The van der Waals surface area contributed by atoms with Gasteiger partial charge in [-0.2, -0.15) is 18.7 Å². The van der Waals surface area contributed by atoms with Crippen LogP contribution in [-0.4, -0.2) is 105 Å². The summed E-state index contributed by atoms with van der Waals surface area (Å²) in [4.78, 5) is 77.8. The molecule has 4 atom stereocenters. The van der Waals surface area contributed by atoms with Crippen molar-refractivity contribution in [1.29, 1.82) is 0 Å². The van der Waals surface area contributed by atoms with Gasteiger partial charge in [-0.15, -0.1) is 0 Å². The van der Waals surface area contributed by atoms with Crippen LogP contribution in [0.15, 0.2) is 60.8 Å². The molecule has 0 aliphatic heterocycles. The number of aliphatic hydroxyl groups is 1. The van der Waals surface area contributed by atoms with E-state index in [1.165, 1.54) is 0 Å². The number of esters is 2. The highest BCUT2D eigenvalue weighted by atomic mass is 79.9. The average molecular weight is 906 g/mol. The Morgan fingerprint density at radius 1 is 0.983 bits per heavy atom. The van der Waals surface area contributed by atoms with E-state index in [0.717, 1.165) is 23.8 Å². The lowest BCUT2D eigenvalue weighted by atomic mass is 9.74. The monoisotopic (exact) mass is 904 g/mol. The summed E-state index contributed by atoms with van der Waals surface area (Å²) in [5.74, 6) is -11.6. The Kier molecular flexibility index (Phi) is 17.2. The van der Waals surface area contributed by atoms with Crippen LogP contribution < -0.4 is 21.8 Å². The van der Waals surface area contributed by atoms with Crippen molar-refractivity contribution in [2.75, 3.05) is 25.0 Å². The van der Waals surface area contributed by atoms with Crippen molar-refractivity contribution >= 4 is 51.6 Å². The van der Waals surface area contributed by atoms with Crippen molar-refractivity contribution in [3.8, 4) is 11.1 Å². The number of hydrogen-bond acceptors (Lipinski definition) is 12. The lowest BCUT2D eigenvalue weighted by molar-refractivity contribution is -0.202. The molecule has 3 rings (SSSR count). The lowest BCUT2D eigenvalue weighted by Gasteiger charge is -2.35. The van der Waals surface area contributed by atoms with E-state index < -0.39 is 96.1 Å². The molecule has 7 N–H and O–H groups in total. The van der Waals surface area contributed by atoms with E-state index in [1.807, 2.05) is 29.0 Å². The average Bonchev–Trinajstić information content (AvgIpc) is 3.55. The first-order valence-electron chi connectivity index (χ1n) is 17.5. The number of aromatic nitrogens is 1. The van der Waals surface area contributed by atoms with E-state index in [4.69, 9.17) is 5.73 Å². The van der Waals surface area contributed by atoms with Crippen molar-refractivity contribution in [1.82, 2.24) is 25.7 Å². The fraction of sp³-hybridized carbons (Fsp3) is 0.405. The van der Waals surface area contributed by atoms with Crippen molar-refractivity contribution in [2.24, 2.45) is 11.1 Å². The summed E-state index contributed by atoms with van der Waals surface area (Å²) in [6.07, 6.45) is -6.16. The molecule has 22 heteroatoms. The van der Waals surface area contributed by atoms with Gasteiger partial charge in [0.15, 0.2) is 0 Å². The van der Waals surface area contributed by atoms with Gasteiger partial charge in [-0.25, -0.2) is 28.2 Å². The van der Waals surface area contributed by atoms with E-state index in [1.54, 1.807) is 49.7 Å². The molecule has 1 aromatic heterocycles. The van der Waals surface area contributed by atoms with E-state index in [2.05, 4.69) is 30.8 Å². The molecular weight excluding hydrogens is 863 g/mol. The van der Waals surface area contributed by atoms with E-state index in [0.29, 0.717) is 5.69 Å². The molecule has 0 bridgehead atoms. The van der Waals surface area contributed by atoms with Crippen molar-refractivity contribution < 1.29 is 70.6 Å². The SMILES string of the molecule is CC(C)(C)[C@H](c1cc(-c2cc(F)ccc2F)cn1Cc1ccccc1)[C@H](O)C(=O)NCC[C@H](N)C(=O)NC(CNOC(=O)CN(O)C(=O)CBr)C(=O)OC(=O)C(F)(F)F. The number of hydrogen-bond donors (Lipinski definition) is 6. The molecule has 16 nitrogen and oxygen atoms in total. The van der Waals surface area contributed by atoms with Crippen LogP contribution in [0.3, 0.4) is 0 Å². The summed E-state index contributed by atoms with van der Waals surface area (Å²) >= 11 is 2.75. The molecule has 59 heavy (non-hydrogen) atoms. The maximum absolute atomic E-state index is 14.9. The maximum Gasteiger partial charge on any atom is 0.491 e. The Balaban J connectivity index is 1.74. The standard InChI is InChI=1S/C37H42BrF5N6O10/c1-36(2,3)30(27-13-21(23-14-22(39)9-10-24(23)40)18-48(27)17-20-7-5-4-6-8-20)31(52)33(54)45-12-11-25(44)32(53)47-26(34(55)58-35(56)37(41,42)43)16-46-59-29(51)19-49(57)28(50)15-38/h4-10,13-14,18,25-26,30-31,46,52,57H,11-12,15-17,19,44H2,1-3H3,(H,45,54)(H,47,53)/t25-,26?,30+,31-/m0/s1. The minimum absolute atomic E-state index is 0.0362. The summed E-state index contributed by atoms with van der Waals surface area (Å²) < 4.78 is 72.9. The van der Waals surface area contributed by atoms with Crippen LogP contribution in [0.1, 0.15) is 44.4 Å². The fourth-order valence-corrected chi connectivity index (χ4v) is 5.89. The second-order valence-corrected chi connectivity index (χ2v) is 14.6. The highest BCUT2D eigenvalue weighted by Crippen LogP contribution is 2.41. The maximum atomic E-state index is 14.9. The van der Waals surface area contributed by atoms with Crippen LogP contribution in [0.4, 0.5) is 22.0 Å². The van der Waals surface area contributed by atoms with Crippen LogP contribution in [0.25, 0.3) is 11.1 Å². The quantitative estimate of drug-likeness (QED) is 0.0270. The van der Waals surface area contributed by atoms with Gasteiger partial charge in [0.2, 0.25) is 11.8 Å². The second kappa shape index (κ2) is 21.1. The molecule has 322 valence electrons. The largest absolute Gasteiger partial charge is 0.491 e. The number of nitrogens with two attached hydrogens (primary N) is 1. The molecule has 3 aromatic rings. The summed E-state index contributed by atoms with van der Waals surface area (Å²) in [6, 6.07) is 9.91. The molecule has 0 radical (unpaired) electrons. The summed E-state index contributed by atoms with van der Waals surface area (Å²) in [5.41, 5.74) is 8.38. The minimum Gasteiger partial charge on any atom is -0.385 e. The first kappa shape index (κ1) is 48.1. The van der Waals surface area contributed by atoms with Gasteiger partial charge in [0.05, 0.1) is 17.9 Å². The van der Waals surface area contributed by atoms with Gasteiger partial charge in [-0.1, -0.05) is 67.0 Å². The lowest BCUT2D eigenvalue weighted by Crippen LogP contribution is -2.54. The Labute approximate surface area is 342 Å². The Bertz CT molecular complexity index is 1980. The van der Waals surface area contributed by atoms with Gasteiger partial charge < -0.3 is 35.6 Å². The zero-order chi connectivity index (χ0) is 44.2. The van der Waals surface area contributed by atoms with E-state index in [-0.39, 0.29) is 41.0 Å². The molecule has 3 amide bonds. The van der Waals surface area contributed by atoms with Crippen molar-refractivity contribution in [3.05, 3.63) is 83.7 Å². The third-order valence-corrected chi connectivity index (χ3v) is 8.95. The van der Waals surface area contributed by atoms with E-state index >= 15 is 0 Å². The van der Waals surface area contributed by atoms with Crippen LogP contribution in [-0.2, 0) is 44.9 Å². The highest BCUT2D eigenvalue weighted by molar-refractivity contribution is 9.09. The first-order valence-corrected chi connectivity index (χ1v) is 18.7. The number of carbonyl (C=O) groups is 6. The Hall–Kier alpha value is -5.29. The van der Waals surface area contributed by atoms with Crippen molar-refractivity contribution in [3.63, 3.8) is 0 Å². The van der Waals surface area contributed by atoms with Crippen LogP contribution in [0.2, 0.25) is 0 Å². The number of aliphatic hydroxyl groups excluding tert-OH is 1. The Morgan fingerprint density at radius 2 is 1.64 bits per heavy atom. The van der Waals surface area contributed by atoms with Crippen LogP contribution in [0.5, 0.6) is 0 Å².